The lowest BCUT2D eigenvalue weighted by Crippen LogP contribution is -2.53. The highest BCUT2D eigenvalue weighted by molar-refractivity contribution is 6.21. The van der Waals surface area contributed by atoms with Gasteiger partial charge in [-0.25, -0.2) is 0 Å². The van der Waals surface area contributed by atoms with E-state index in [0.717, 1.165) is 25.7 Å². The lowest BCUT2D eigenvalue weighted by atomic mass is 9.74. The van der Waals surface area contributed by atoms with E-state index >= 15 is 0 Å². The number of hydrogen-bond acceptors (Lipinski definition) is 4. The maximum atomic E-state index is 12.4. The van der Waals surface area contributed by atoms with Gasteiger partial charge in [0.05, 0.1) is 17.0 Å². The standard InChI is InChI=1S/C18H23N3O3.ClH/c1-18(19)9-5-4-8-14(18)15(22)20-10-11-21-16(23)12-6-2-3-7-13(12)17(21)24;/h2-3,6-7,14H,4-5,8-11,19H2,1H3,(H,20,22);1H. The van der Waals surface area contributed by atoms with Crippen LogP contribution in [0.1, 0.15) is 53.3 Å². The third-order valence-corrected chi connectivity index (χ3v) is 5.08. The highest BCUT2D eigenvalue weighted by Crippen LogP contribution is 2.31. The van der Waals surface area contributed by atoms with E-state index in [4.69, 9.17) is 5.73 Å². The number of carbonyl (C=O) groups excluding carboxylic acids is 3. The van der Waals surface area contributed by atoms with Crippen molar-refractivity contribution in [3.8, 4) is 0 Å². The van der Waals surface area contributed by atoms with Gasteiger partial charge >= 0.3 is 0 Å². The summed E-state index contributed by atoms with van der Waals surface area (Å²) in [6.45, 7) is 2.34. The normalized spacial score (nSPS) is 25.4. The molecule has 7 heteroatoms. The SMILES string of the molecule is CC1(N)CCCCC1C(=O)NCCN1C(=O)c2ccccc2C1=O.Cl. The topological polar surface area (TPSA) is 92.5 Å². The molecule has 6 nitrogen and oxygen atoms in total. The summed E-state index contributed by atoms with van der Waals surface area (Å²) in [5, 5.41) is 2.84. The fourth-order valence-electron chi connectivity index (χ4n) is 3.65. The van der Waals surface area contributed by atoms with Crippen LogP contribution in [0.5, 0.6) is 0 Å². The van der Waals surface area contributed by atoms with Crippen molar-refractivity contribution in [3.63, 3.8) is 0 Å². The van der Waals surface area contributed by atoms with Crippen LogP contribution in [0.4, 0.5) is 0 Å². The Balaban J connectivity index is 0.00000225. The molecular formula is C18H24ClN3O3. The van der Waals surface area contributed by atoms with Gasteiger partial charge in [0.2, 0.25) is 5.91 Å². The molecule has 1 fully saturated rings. The van der Waals surface area contributed by atoms with E-state index in [2.05, 4.69) is 5.32 Å². The molecule has 1 saturated carbocycles. The molecule has 2 aliphatic rings. The first-order valence-corrected chi connectivity index (χ1v) is 8.43. The zero-order chi connectivity index (χ0) is 17.3. The maximum absolute atomic E-state index is 12.4. The number of nitrogens with two attached hydrogens (primary N) is 1. The second kappa shape index (κ2) is 7.54. The van der Waals surface area contributed by atoms with E-state index < -0.39 is 5.54 Å². The van der Waals surface area contributed by atoms with E-state index in [9.17, 15) is 14.4 Å². The Morgan fingerprint density at radius 3 is 2.40 bits per heavy atom. The van der Waals surface area contributed by atoms with Crippen molar-refractivity contribution in [1.82, 2.24) is 10.2 Å². The van der Waals surface area contributed by atoms with E-state index in [1.165, 1.54) is 4.90 Å². The van der Waals surface area contributed by atoms with Gasteiger partial charge < -0.3 is 11.1 Å². The molecule has 25 heavy (non-hydrogen) atoms. The average molecular weight is 366 g/mol. The van der Waals surface area contributed by atoms with Gasteiger partial charge in [-0.2, -0.15) is 0 Å². The van der Waals surface area contributed by atoms with Crippen molar-refractivity contribution >= 4 is 30.1 Å². The highest BCUT2D eigenvalue weighted by Gasteiger charge is 2.38. The first-order chi connectivity index (χ1) is 11.4. The molecule has 1 aliphatic heterocycles. The Morgan fingerprint density at radius 1 is 1.24 bits per heavy atom. The Labute approximate surface area is 153 Å². The molecule has 0 bridgehead atoms. The lowest BCUT2D eigenvalue weighted by molar-refractivity contribution is -0.128. The molecule has 1 heterocycles. The fourth-order valence-corrected chi connectivity index (χ4v) is 3.65. The smallest absolute Gasteiger partial charge is 0.261 e. The molecule has 1 aliphatic carbocycles. The van der Waals surface area contributed by atoms with Crippen LogP contribution >= 0.6 is 12.4 Å². The van der Waals surface area contributed by atoms with E-state index in [0.29, 0.717) is 11.1 Å². The minimum absolute atomic E-state index is 0. The number of halogens is 1. The third kappa shape index (κ3) is 3.70. The highest BCUT2D eigenvalue weighted by atomic mass is 35.5. The summed E-state index contributed by atoms with van der Waals surface area (Å²) in [6.07, 6.45) is 3.67. The second-order valence-electron chi connectivity index (χ2n) is 6.90. The van der Waals surface area contributed by atoms with Crippen LogP contribution in [-0.4, -0.2) is 41.2 Å². The van der Waals surface area contributed by atoms with Gasteiger partial charge in [-0.1, -0.05) is 25.0 Å². The molecule has 3 amide bonds. The zero-order valence-corrected chi connectivity index (χ0v) is 15.1. The summed E-state index contributed by atoms with van der Waals surface area (Å²) in [6, 6.07) is 6.77. The van der Waals surface area contributed by atoms with E-state index in [1.54, 1.807) is 24.3 Å². The molecule has 136 valence electrons. The fraction of sp³-hybridized carbons (Fsp3) is 0.500. The van der Waals surface area contributed by atoms with Gasteiger partial charge in [-0.15, -0.1) is 12.4 Å². The summed E-state index contributed by atoms with van der Waals surface area (Å²) < 4.78 is 0. The van der Waals surface area contributed by atoms with Crippen LogP contribution in [0.15, 0.2) is 24.3 Å². The Hall–Kier alpha value is -1.92. The van der Waals surface area contributed by atoms with Crippen molar-refractivity contribution in [1.29, 1.82) is 0 Å². The minimum Gasteiger partial charge on any atom is -0.354 e. The molecule has 3 N–H and O–H groups in total. The number of carbonyl (C=O) groups is 3. The summed E-state index contributed by atoms with van der Waals surface area (Å²) in [5.74, 6) is -0.901. The minimum atomic E-state index is -0.488. The molecule has 0 aromatic heterocycles. The lowest BCUT2D eigenvalue weighted by Gasteiger charge is -2.37. The first kappa shape index (κ1) is 19.4. The molecular weight excluding hydrogens is 342 g/mol. The number of rotatable bonds is 4. The van der Waals surface area contributed by atoms with Crippen molar-refractivity contribution < 1.29 is 14.4 Å². The summed E-state index contributed by atoms with van der Waals surface area (Å²) in [5.41, 5.74) is 6.60. The summed E-state index contributed by atoms with van der Waals surface area (Å²) in [4.78, 5) is 38.1. The molecule has 1 aromatic rings. The molecule has 0 saturated heterocycles. The van der Waals surface area contributed by atoms with Gasteiger partial charge in [0.25, 0.3) is 11.8 Å². The van der Waals surface area contributed by atoms with Gasteiger partial charge in [0.15, 0.2) is 0 Å². The number of nitrogens with zero attached hydrogens (tertiary/aromatic N) is 1. The molecule has 2 atom stereocenters. The number of imide groups is 1. The van der Waals surface area contributed by atoms with Gasteiger partial charge in [0.1, 0.15) is 0 Å². The summed E-state index contributed by atoms with van der Waals surface area (Å²) >= 11 is 0. The van der Waals surface area contributed by atoms with Gasteiger partial charge in [-0.3, -0.25) is 19.3 Å². The van der Waals surface area contributed by atoms with E-state index in [1.807, 2.05) is 6.92 Å². The molecule has 2 unspecified atom stereocenters. The van der Waals surface area contributed by atoms with Crippen molar-refractivity contribution in [2.45, 2.75) is 38.1 Å². The van der Waals surface area contributed by atoms with Crippen molar-refractivity contribution in [2.24, 2.45) is 11.7 Å². The predicted molar refractivity (Wildman–Crippen MR) is 96.6 cm³/mol. The van der Waals surface area contributed by atoms with E-state index in [-0.39, 0.29) is 49.1 Å². The average Bonchev–Trinajstić information content (AvgIpc) is 2.79. The number of benzene rings is 1. The molecule has 0 radical (unpaired) electrons. The monoisotopic (exact) mass is 365 g/mol. The molecule has 1 aromatic carbocycles. The summed E-state index contributed by atoms with van der Waals surface area (Å²) in [7, 11) is 0. The molecule has 0 spiro atoms. The van der Waals surface area contributed by atoms with Crippen LogP contribution in [0.2, 0.25) is 0 Å². The number of amides is 3. The van der Waals surface area contributed by atoms with Crippen LogP contribution in [0.25, 0.3) is 0 Å². The van der Waals surface area contributed by atoms with Crippen LogP contribution in [0.3, 0.4) is 0 Å². The number of hydrogen-bond donors (Lipinski definition) is 2. The Kier molecular flexibility index (Phi) is 5.85. The van der Waals surface area contributed by atoms with Crippen molar-refractivity contribution in [3.05, 3.63) is 35.4 Å². The van der Waals surface area contributed by atoms with Crippen LogP contribution in [-0.2, 0) is 4.79 Å². The zero-order valence-electron chi connectivity index (χ0n) is 14.3. The molecule has 3 rings (SSSR count). The quantitative estimate of drug-likeness (QED) is 0.795. The number of fused-ring (bicyclic) bond motifs is 1. The van der Waals surface area contributed by atoms with Crippen LogP contribution < -0.4 is 11.1 Å². The first-order valence-electron chi connectivity index (χ1n) is 8.43. The Morgan fingerprint density at radius 2 is 1.84 bits per heavy atom. The predicted octanol–water partition coefficient (Wildman–Crippen LogP) is 1.73. The largest absolute Gasteiger partial charge is 0.354 e. The maximum Gasteiger partial charge on any atom is 0.261 e. The van der Waals surface area contributed by atoms with Crippen molar-refractivity contribution in [2.75, 3.05) is 13.1 Å². The third-order valence-electron chi connectivity index (χ3n) is 5.08. The van der Waals surface area contributed by atoms with Gasteiger partial charge in [-0.05, 0) is 31.9 Å². The second-order valence-corrected chi connectivity index (χ2v) is 6.90. The Bertz CT molecular complexity index is 655. The number of nitrogens with one attached hydrogen (secondary N) is 1. The van der Waals surface area contributed by atoms with Crippen LogP contribution in [0, 0.1) is 5.92 Å². The van der Waals surface area contributed by atoms with Gasteiger partial charge in [0, 0.05) is 18.6 Å².